The summed E-state index contributed by atoms with van der Waals surface area (Å²) in [6, 6.07) is -1.06. The molecular formula is C20H26F3N5O3. The maximum absolute atomic E-state index is 13.1. The largest absolute Gasteiger partial charge is 0.410 e. The van der Waals surface area contributed by atoms with Crippen LogP contribution in [0, 0.1) is 17.8 Å². The topological polar surface area (TPSA) is 110 Å². The number of methoxy groups -OCH3 is 1. The van der Waals surface area contributed by atoms with E-state index in [-0.39, 0.29) is 24.2 Å². The predicted molar refractivity (Wildman–Crippen MR) is 105 cm³/mol. The van der Waals surface area contributed by atoms with Crippen molar-refractivity contribution in [3.05, 3.63) is 23.9 Å². The number of ether oxygens (including phenoxy) is 1. The summed E-state index contributed by atoms with van der Waals surface area (Å²) in [5.74, 6) is 1.45. The van der Waals surface area contributed by atoms with Gasteiger partial charge >= 0.3 is 12.2 Å². The third-order valence-electron chi connectivity index (χ3n) is 6.54. The summed E-state index contributed by atoms with van der Waals surface area (Å²) in [6.45, 7) is -0.547. The molecule has 2 aliphatic carbocycles. The second-order valence-corrected chi connectivity index (χ2v) is 8.64. The molecule has 31 heavy (non-hydrogen) atoms. The van der Waals surface area contributed by atoms with Crippen molar-refractivity contribution in [2.24, 2.45) is 23.5 Å². The molecule has 5 atom stereocenters. The average molecular weight is 441 g/mol. The molecule has 1 aliphatic heterocycles. The van der Waals surface area contributed by atoms with Gasteiger partial charge in [0.2, 0.25) is 5.91 Å². The Labute approximate surface area is 177 Å². The Morgan fingerprint density at radius 3 is 2.71 bits per heavy atom. The highest BCUT2D eigenvalue weighted by Gasteiger charge is 2.49. The summed E-state index contributed by atoms with van der Waals surface area (Å²) >= 11 is 0. The third-order valence-corrected chi connectivity index (χ3v) is 6.54. The quantitative estimate of drug-likeness (QED) is 0.600. The van der Waals surface area contributed by atoms with E-state index in [9.17, 15) is 22.8 Å². The second kappa shape index (κ2) is 8.27. The number of hydrogen-bond donors (Lipinski definition) is 3. The van der Waals surface area contributed by atoms with E-state index in [2.05, 4.69) is 10.3 Å². The lowest BCUT2D eigenvalue weighted by atomic mass is 9.94. The molecule has 3 unspecified atom stereocenters. The Bertz CT molecular complexity index is 842. The molecule has 0 bridgehead atoms. The molecule has 1 aromatic heterocycles. The number of rotatable bonds is 7. The van der Waals surface area contributed by atoms with Crippen molar-refractivity contribution in [2.75, 3.05) is 25.6 Å². The summed E-state index contributed by atoms with van der Waals surface area (Å²) in [6.07, 6.45) is 0.0459. The highest BCUT2D eigenvalue weighted by atomic mass is 19.4. The van der Waals surface area contributed by atoms with Gasteiger partial charge in [-0.2, -0.15) is 13.2 Å². The summed E-state index contributed by atoms with van der Waals surface area (Å²) in [4.78, 5) is 30.0. The van der Waals surface area contributed by atoms with E-state index in [1.807, 2.05) is 5.32 Å². The molecule has 4 rings (SSSR count). The Kier molecular flexibility index (Phi) is 5.82. The molecule has 0 radical (unpaired) electrons. The number of fused-ring (bicyclic) bond motifs is 1. The predicted octanol–water partition coefficient (Wildman–Crippen LogP) is 2.04. The first-order chi connectivity index (χ1) is 14.7. The molecule has 3 aliphatic rings. The van der Waals surface area contributed by atoms with Crippen LogP contribution in [0.1, 0.15) is 30.9 Å². The Hall–Kier alpha value is -2.40. The van der Waals surface area contributed by atoms with Gasteiger partial charge in [-0.15, -0.1) is 0 Å². The number of hydrogen-bond acceptors (Lipinski definition) is 5. The van der Waals surface area contributed by atoms with Crippen LogP contribution >= 0.6 is 0 Å². The highest BCUT2D eigenvalue weighted by molar-refractivity contribution is 5.94. The molecule has 3 amide bonds. The van der Waals surface area contributed by atoms with E-state index < -0.39 is 36.9 Å². The molecule has 2 saturated carbocycles. The molecule has 1 saturated heterocycles. The standard InChI is InChI=1S/C20H26F3N5O3/c1-31-9-14(28-8-15(20(21,22)23)26-19(28)30)10-2-3-25-16(7-10)27-18(29)17(24)13-5-11-4-12(11)6-13/h2-3,7,11-15,17H,4-6,8-9,24H2,1H3,(H,26,30)(H,25,27,29)/t11?,12?,13?,14-,15+,17?/m1/s1. The van der Waals surface area contributed by atoms with Crippen molar-refractivity contribution in [3.63, 3.8) is 0 Å². The molecule has 3 fully saturated rings. The minimum absolute atomic E-state index is 0.0141. The number of nitrogens with two attached hydrogens (primary N) is 1. The van der Waals surface area contributed by atoms with Crippen molar-refractivity contribution < 1.29 is 27.5 Å². The van der Waals surface area contributed by atoms with Gasteiger partial charge in [-0.3, -0.25) is 4.79 Å². The fourth-order valence-corrected chi connectivity index (χ4v) is 4.74. The Morgan fingerprint density at radius 2 is 2.10 bits per heavy atom. The van der Waals surface area contributed by atoms with Gasteiger partial charge in [-0.25, -0.2) is 9.78 Å². The molecule has 11 heteroatoms. The average Bonchev–Trinajstić information content (AvgIpc) is 3.12. The minimum Gasteiger partial charge on any atom is -0.382 e. The molecule has 8 nitrogen and oxygen atoms in total. The van der Waals surface area contributed by atoms with Crippen LogP contribution in [-0.4, -0.2) is 60.3 Å². The SMILES string of the molecule is COC[C@H](c1ccnc(NC(=O)C(N)C2CC3CC3C2)c1)N1C[C@@H](C(F)(F)F)NC1=O. The van der Waals surface area contributed by atoms with Crippen molar-refractivity contribution in [2.45, 2.75) is 43.6 Å². The van der Waals surface area contributed by atoms with Crippen LogP contribution in [0.5, 0.6) is 0 Å². The summed E-state index contributed by atoms with van der Waals surface area (Å²) in [5, 5.41) is 4.66. The van der Waals surface area contributed by atoms with Gasteiger partial charge in [0.25, 0.3) is 0 Å². The molecular weight excluding hydrogens is 415 g/mol. The van der Waals surface area contributed by atoms with Crippen LogP contribution < -0.4 is 16.4 Å². The fraction of sp³-hybridized carbons (Fsp3) is 0.650. The second-order valence-electron chi connectivity index (χ2n) is 8.64. The normalized spacial score (nSPS) is 29.3. The molecule has 170 valence electrons. The van der Waals surface area contributed by atoms with E-state index >= 15 is 0 Å². The number of nitrogens with one attached hydrogen (secondary N) is 2. The van der Waals surface area contributed by atoms with Gasteiger partial charge in [0.1, 0.15) is 11.9 Å². The van der Waals surface area contributed by atoms with E-state index in [1.165, 1.54) is 25.8 Å². The van der Waals surface area contributed by atoms with Crippen LogP contribution in [-0.2, 0) is 9.53 Å². The number of carbonyl (C=O) groups is 2. The number of nitrogens with zero attached hydrogens (tertiary/aromatic N) is 2. The monoisotopic (exact) mass is 441 g/mol. The number of urea groups is 1. The van der Waals surface area contributed by atoms with Gasteiger partial charge in [0, 0.05) is 13.3 Å². The highest BCUT2D eigenvalue weighted by Crippen LogP contribution is 2.55. The van der Waals surface area contributed by atoms with Gasteiger partial charge < -0.3 is 26.0 Å². The third kappa shape index (κ3) is 4.62. The number of halogens is 3. The first-order valence-corrected chi connectivity index (χ1v) is 10.3. The number of carbonyl (C=O) groups excluding carboxylic acids is 2. The summed E-state index contributed by atoms with van der Waals surface area (Å²) in [5.41, 5.74) is 6.65. The van der Waals surface area contributed by atoms with Crippen LogP contribution in [0.25, 0.3) is 0 Å². The first kappa shape index (κ1) is 21.8. The minimum atomic E-state index is -4.55. The fourth-order valence-electron chi connectivity index (χ4n) is 4.74. The van der Waals surface area contributed by atoms with Crippen LogP contribution in [0.3, 0.4) is 0 Å². The first-order valence-electron chi connectivity index (χ1n) is 10.3. The number of amides is 3. The van der Waals surface area contributed by atoms with Gasteiger partial charge in [-0.1, -0.05) is 0 Å². The number of aromatic nitrogens is 1. The molecule has 4 N–H and O–H groups in total. The van der Waals surface area contributed by atoms with E-state index in [0.717, 1.165) is 17.7 Å². The number of anilines is 1. The zero-order valence-corrected chi connectivity index (χ0v) is 17.1. The van der Waals surface area contributed by atoms with Gasteiger partial charge in [-0.05, 0) is 54.7 Å². The number of alkyl halides is 3. The molecule has 0 spiro atoms. The van der Waals surface area contributed by atoms with Crippen LogP contribution in [0.2, 0.25) is 0 Å². The van der Waals surface area contributed by atoms with Gasteiger partial charge in [0.15, 0.2) is 0 Å². The van der Waals surface area contributed by atoms with Gasteiger partial charge in [0.05, 0.1) is 25.2 Å². The lowest BCUT2D eigenvalue weighted by Crippen LogP contribution is -2.41. The van der Waals surface area contributed by atoms with E-state index in [0.29, 0.717) is 17.4 Å². The molecule has 1 aromatic rings. The van der Waals surface area contributed by atoms with E-state index in [4.69, 9.17) is 10.5 Å². The Morgan fingerprint density at radius 1 is 1.39 bits per heavy atom. The summed E-state index contributed by atoms with van der Waals surface area (Å²) < 4.78 is 44.3. The molecule has 2 heterocycles. The van der Waals surface area contributed by atoms with Crippen molar-refractivity contribution in [3.8, 4) is 0 Å². The summed E-state index contributed by atoms with van der Waals surface area (Å²) in [7, 11) is 1.40. The lowest BCUT2D eigenvalue weighted by Gasteiger charge is -2.27. The van der Waals surface area contributed by atoms with Crippen LogP contribution in [0.4, 0.5) is 23.8 Å². The lowest BCUT2D eigenvalue weighted by molar-refractivity contribution is -0.150. The number of pyridine rings is 1. The molecule has 0 aromatic carbocycles. The zero-order valence-electron chi connectivity index (χ0n) is 17.1. The maximum atomic E-state index is 13.1. The van der Waals surface area contributed by atoms with Crippen molar-refractivity contribution >= 4 is 17.8 Å². The van der Waals surface area contributed by atoms with E-state index in [1.54, 1.807) is 6.07 Å². The van der Waals surface area contributed by atoms with Crippen molar-refractivity contribution in [1.29, 1.82) is 0 Å². The van der Waals surface area contributed by atoms with Crippen LogP contribution in [0.15, 0.2) is 18.3 Å². The van der Waals surface area contributed by atoms with Crippen molar-refractivity contribution in [1.82, 2.24) is 15.2 Å². The zero-order chi connectivity index (χ0) is 22.3. The Balaban J connectivity index is 1.46. The maximum Gasteiger partial charge on any atom is 0.410 e. The smallest absolute Gasteiger partial charge is 0.382 e.